The Balaban J connectivity index is 2.27. The lowest BCUT2D eigenvalue weighted by Crippen LogP contribution is -1.88. The Morgan fingerprint density at radius 2 is 2.22 bits per heavy atom. The van der Waals surface area contributed by atoms with E-state index in [0.717, 1.165) is 5.56 Å². The molecule has 0 amide bonds. The molecule has 0 saturated heterocycles. The van der Waals surface area contributed by atoms with Crippen LogP contribution in [0.4, 0.5) is 11.4 Å². The number of nitro groups is 1. The first-order valence-corrected chi connectivity index (χ1v) is 5.54. The van der Waals surface area contributed by atoms with Crippen molar-refractivity contribution in [2.45, 2.75) is 0 Å². The smallest absolute Gasteiger partial charge is 0.290 e. The van der Waals surface area contributed by atoms with Crippen LogP contribution in [-0.2, 0) is 7.05 Å². The van der Waals surface area contributed by atoms with Crippen LogP contribution >= 0.6 is 11.6 Å². The molecule has 0 fully saturated rings. The van der Waals surface area contributed by atoms with Gasteiger partial charge in [0.2, 0.25) is 0 Å². The molecule has 0 spiro atoms. The predicted molar refractivity (Wildman–Crippen MR) is 70.8 cm³/mol. The van der Waals surface area contributed by atoms with Crippen LogP contribution in [0, 0.1) is 10.1 Å². The number of halogens is 1. The zero-order chi connectivity index (χ0) is 13.1. The molecule has 0 N–H and O–H groups in total. The molecule has 2 aromatic rings. The van der Waals surface area contributed by atoms with Crippen molar-refractivity contribution >= 4 is 29.2 Å². The van der Waals surface area contributed by atoms with Crippen molar-refractivity contribution in [1.29, 1.82) is 0 Å². The number of nitro benzene ring substituents is 1. The third kappa shape index (κ3) is 2.75. The molecule has 2 rings (SSSR count). The fourth-order valence-electron chi connectivity index (χ4n) is 1.47. The average molecular weight is 264 g/mol. The summed E-state index contributed by atoms with van der Waals surface area (Å²) in [5, 5.41) is 10.8. The van der Waals surface area contributed by atoms with E-state index in [9.17, 15) is 10.1 Å². The van der Waals surface area contributed by atoms with E-state index in [-0.39, 0.29) is 10.7 Å². The number of aliphatic imine (C=N–C) groups is 1. The van der Waals surface area contributed by atoms with E-state index in [1.165, 1.54) is 12.1 Å². The fourth-order valence-corrected chi connectivity index (χ4v) is 1.66. The third-order valence-corrected chi connectivity index (χ3v) is 2.66. The number of hydrogen-bond acceptors (Lipinski definition) is 3. The normalized spacial score (nSPS) is 11.0. The Labute approximate surface area is 108 Å². The summed E-state index contributed by atoms with van der Waals surface area (Å²) in [7, 11) is 1.91. The second-order valence-corrected chi connectivity index (χ2v) is 4.17. The van der Waals surface area contributed by atoms with Crippen LogP contribution in [0.1, 0.15) is 5.56 Å². The molecule has 0 aliphatic heterocycles. The van der Waals surface area contributed by atoms with Gasteiger partial charge in [-0.05, 0) is 18.2 Å². The van der Waals surface area contributed by atoms with Gasteiger partial charge in [0.05, 0.1) is 10.6 Å². The summed E-state index contributed by atoms with van der Waals surface area (Å²) < 4.78 is 1.89. The molecule has 1 aromatic heterocycles. The first kappa shape index (κ1) is 12.3. The zero-order valence-corrected chi connectivity index (χ0v) is 10.3. The molecule has 0 bridgehead atoms. The molecule has 0 aliphatic rings. The van der Waals surface area contributed by atoms with Crippen molar-refractivity contribution in [2.75, 3.05) is 0 Å². The monoisotopic (exact) mass is 263 g/mol. The highest BCUT2D eigenvalue weighted by molar-refractivity contribution is 6.32. The van der Waals surface area contributed by atoms with Gasteiger partial charge in [-0.15, -0.1) is 0 Å². The fraction of sp³-hybridized carbons (Fsp3) is 0.0833. The van der Waals surface area contributed by atoms with Crippen molar-refractivity contribution in [3.05, 3.63) is 57.4 Å². The van der Waals surface area contributed by atoms with Crippen molar-refractivity contribution in [1.82, 2.24) is 4.57 Å². The summed E-state index contributed by atoms with van der Waals surface area (Å²) in [6, 6.07) is 6.35. The van der Waals surface area contributed by atoms with E-state index < -0.39 is 4.92 Å². The molecule has 1 aromatic carbocycles. The van der Waals surface area contributed by atoms with E-state index in [1.54, 1.807) is 12.3 Å². The highest BCUT2D eigenvalue weighted by Crippen LogP contribution is 2.28. The Kier molecular flexibility index (Phi) is 3.43. The first-order chi connectivity index (χ1) is 8.56. The zero-order valence-electron chi connectivity index (χ0n) is 9.58. The van der Waals surface area contributed by atoms with Gasteiger partial charge < -0.3 is 4.57 Å². The number of aryl methyl sites for hydroxylation is 1. The second kappa shape index (κ2) is 5.01. The highest BCUT2D eigenvalue weighted by atomic mass is 35.5. The number of hydrogen-bond donors (Lipinski definition) is 0. The van der Waals surface area contributed by atoms with Gasteiger partial charge in [0.25, 0.3) is 5.69 Å². The Morgan fingerprint density at radius 1 is 1.44 bits per heavy atom. The van der Waals surface area contributed by atoms with Crippen LogP contribution < -0.4 is 0 Å². The second-order valence-electron chi connectivity index (χ2n) is 3.76. The van der Waals surface area contributed by atoms with Crippen molar-refractivity contribution in [3.63, 3.8) is 0 Å². The Bertz CT molecular complexity index is 620. The van der Waals surface area contributed by atoms with Gasteiger partial charge in [-0.1, -0.05) is 11.6 Å². The van der Waals surface area contributed by atoms with Crippen molar-refractivity contribution in [2.24, 2.45) is 12.0 Å². The van der Waals surface area contributed by atoms with Crippen molar-refractivity contribution < 1.29 is 4.92 Å². The van der Waals surface area contributed by atoms with Gasteiger partial charge >= 0.3 is 0 Å². The minimum Gasteiger partial charge on any atom is -0.357 e. The predicted octanol–water partition coefficient (Wildman–Crippen LogP) is 3.34. The summed E-state index contributed by atoms with van der Waals surface area (Å²) in [5.41, 5.74) is 1.28. The molecular weight excluding hydrogens is 254 g/mol. The lowest BCUT2D eigenvalue weighted by atomic mass is 10.3. The molecule has 1 heterocycles. The van der Waals surface area contributed by atoms with Gasteiger partial charge in [-0.3, -0.25) is 15.1 Å². The maximum atomic E-state index is 10.7. The SMILES string of the molecule is Cn1ccc(C=Nc2ccc(Cl)c([N+](=O)[O-])c2)c1. The van der Waals surface area contributed by atoms with E-state index >= 15 is 0 Å². The molecule has 0 saturated carbocycles. The van der Waals surface area contributed by atoms with Crippen LogP contribution in [0.2, 0.25) is 5.02 Å². The van der Waals surface area contributed by atoms with Gasteiger partial charge in [-0.2, -0.15) is 0 Å². The molecule has 0 atom stereocenters. The van der Waals surface area contributed by atoms with Gasteiger partial charge in [-0.25, -0.2) is 0 Å². The molecule has 5 nitrogen and oxygen atoms in total. The highest BCUT2D eigenvalue weighted by Gasteiger charge is 2.11. The maximum Gasteiger partial charge on any atom is 0.290 e. The number of rotatable bonds is 3. The van der Waals surface area contributed by atoms with Crippen LogP contribution in [-0.4, -0.2) is 15.7 Å². The summed E-state index contributed by atoms with van der Waals surface area (Å²) in [6.07, 6.45) is 5.44. The van der Waals surface area contributed by atoms with Gasteiger partial charge in [0, 0.05) is 37.3 Å². The third-order valence-electron chi connectivity index (χ3n) is 2.34. The molecule has 6 heteroatoms. The van der Waals surface area contributed by atoms with Crippen LogP contribution in [0.5, 0.6) is 0 Å². The number of aromatic nitrogens is 1. The minimum atomic E-state index is -0.524. The molecule has 0 radical (unpaired) electrons. The Morgan fingerprint density at radius 3 is 2.83 bits per heavy atom. The lowest BCUT2D eigenvalue weighted by molar-refractivity contribution is -0.384. The minimum absolute atomic E-state index is 0.110. The van der Waals surface area contributed by atoms with Crippen LogP contribution in [0.25, 0.3) is 0 Å². The summed E-state index contributed by atoms with van der Waals surface area (Å²) in [4.78, 5) is 14.4. The van der Waals surface area contributed by atoms with Gasteiger partial charge in [0.1, 0.15) is 5.02 Å². The quantitative estimate of drug-likeness (QED) is 0.484. The molecular formula is C12H10ClN3O2. The number of benzene rings is 1. The van der Waals surface area contributed by atoms with E-state index in [4.69, 9.17) is 11.6 Å². The van der Waals surface area contributed by atoms with Gasteiger partial charge in [0.15, 0.2) is 0 Å². The average Bonchev–Trinajstić information content (AvgIpc) is 2.74. The molecule has 0 aliphatic carbocycles. The lowest BCUT2D eigenvalue weighted by Gasteiger charge is -1.96. The van der Waals surface area contributed by atoms with E-state index in [1.807, 2.05) is 30.1 Å². The van der Waals surface area contributed by atoms with Crippen LogP contribution in [0.3, 0.4) is 0 Å². The molecule has 0 unspecified atom stereocenters. The standard InChI is InChI=1S/C12H10ClN3O2/c1-15-5-4-9(8-15)7-14-10-2-3-11(13)12(6-10)16(17)18/h2-8H,1H3. The van der Waals surface area contributed by atoms with E-state index in [0.29, 0.717) is 5.69 Å². The molecule has 18 heavy (non-hydrogen) atoms. The maximum absolute atomic E-state index is 10.7. The van der Waals surface area contributed by atoms with Crippen LogP contribution in [0.15, 0.2) is 41.7 Å². The topological polar surface area (TPSA) is 60.4 Å². The summed E-state index contributed by atoms with van der Waals surface area (Å²) in [6.45, 7) is 0. The number of nitrogens with zero attached hydrogens (tertiary/aromatic N) is 3. The summed E-state index contributed by atoms with van der Waals surface area (Å²) in [5.74, 6) is 0. The largest absolute Gasteiger partial charge is 0.357 e. The summed E-state index contributed by atoms with van der Waals surface area (Å²) >= 11 is 5.71. The van der Waals surface area contributed by atoms with E-state index in [2.05, 4.69) is 4.99 Å². The first-order valence-electron chi connectivity index (χ1n) is 5.16. The Hall–Kier alpha value is -2.14. The molecule has 92 valence electrons. The van der Waals surface area contributed by atoms with Crippen molar-refractivity contribution in [3.8, 4) is 0 Å².